The normalized spacial score (nSPS) is 10.7. The van der Waals surface area contributed by atoms with Crippen LogP contribution in [0.1, 0.15) is 26.3 Å². The van der Waals surface area contributed by atoms with Gasteiger partial charge >= 0.3 is 5.97 Å². The number of nitrogen functional groups attached to an aromatic ring is 1. The van der Waals surface area contributed by atoms with Crippen molar-refractivity contribution in [3.8, 4) is 0 Å². The predicted octanol–water partition coefficient (Wildman–Crippen LogP) is 2.37. The maximum atomic E-state index is 12.1. The highest BCUT2D eigenvalue weighted by molar-refractivity contribution is 5.92. The summed E-state index contributed by atoms with van der Waals surface area (Å²) >= 11 is 0. The Morgan fingerprint density at radius 1 is 1.28 bits per heavy atom. The van der Waals surface area contributed by atoms with Crippen LogP contribution in [0.5, 0.6) is 0 Å². The molecular formula is C17H23ClN4O3. The summed E-state index contributed by atoms with van der Waals surface area (Å²) in [7, 11) is 0. The maximum Gasteiger partial charge on any atom is 0.333 e. The third-order valence-electron chi connectivity index (χ3n) is 3.56. The van der Waals surface area contributed by atoms with Crippen LogP contribution in [0, 0.1) is 0 Å². The van der Waals surface area contributed by atoms with E-state index in [9.17, 15) is 9.59 Å². The molecule has 7 nitrogen and oxygen atoms in total. The minimum atomic E-state index is -0.948. The van der Waals surface area contributed by atoms with Gasteiger partial charge in [-0.05, 0) is 38.5 Å². The first-order chi connectivity index (χ1) is 11.3. The molecule has 136 valence electrons. The fourth-order valence-corrected chi connectivity index (χ4v) is 2.12. The number of ether oxygens (including phenoxy) is 1. The van der Waals surface area contributed by atoms with Crippen LogP contribution in [0.25, 0.3) is 0 Å². The predicted molar refractivity (Wildman–Crippen MR) is 98.6 cm³/mol. The fourth-order valence-electron chi connectivity index (χ4n) is 2.12. The van der Waals surface area contributed by atoms with Crippen LogP contribution >= 0.6 is 12.4 Å². The van der Waals surface area contributed by atoms with Gasteiger partial charge in [0, 0.05) is 11.9 Å². The van der Waals surface area contributed by atoms with Gasteiger partial charge in [-0.15, -0.1) is 12.4 Å². The van der Waals surface area contributed by atoms with Crippen molar-refractivity contribution in [3.05, 3.63) is 42.2 Å². The topological polar surface area (TPSA) is 99.2 Å². The quantitative estimate of drug-likeness (QED) is 0.604. The van der Waals surface area contributed by atoms with E-state index in [1.165, 1.54) is 10.9 Å². The molecular weight excluding hydrogens is 344 g/mol. The minimum absolute atomic E-state index is 0. The molecule has 0 unspecified atom stereocenters. The van der Waals surface area contributed by atoms with Crippen molar-refractivity contribution < 1.29 is 14.3 Å². The third-order valence-corrected chi connectivity index (χ3v) is 3.56. The Morgan fingerprint density at radius 2 is 1.92 bits per heavy atom. The van der Waals surface area contributed by atoms with Gasteiger partial charge in [0.2, 0.25) is 5.91 Å². The summed E-state index contributed by atoms with van der Waals surface area (Å²) in [6, 6.07) is 7.12. The summed E-state index contributed by atoms with van der Waals surface area (Å²) in [6.45, 7) is 5.46. The zero-order valence-electron chi connectivity index (χ0n) is 14.5. The molecule has 0 bridgehead atoms. The molecule has 1 amide bonds. The highest BCUT2D eigenvalue weighted by atomic mass is 35.5. The van der Waals surface area contributed by atoms with Crippen molar-refractivity contribution in [1.29, 1.82) is 0 Å². The summed E-state index contributed by atoms with van der Waals surface area (Å²) in [5, 5.41) is 6.91. The van der Waals surface area contributed by atoms with Crippen molar-refractivity contribution >= 4 is 35.7 Å². The first-order valence-corrected chi connectivity index (χ1v) is 7.69. The lowest BCUT2D eigenvalue weighted by Crippen LogP contribution is -2.37. The van der Waals surface area contributed by atoms with Crippen LogP contribution in [-0.2, 0) is 26.3 Å². The molecule has 0 atom stereocenters. The molecule has 0 saturated carbocycles. The van der Waals surface area contributed by atoms with Crippen LogP contribution in [0.4, 0.5) is 11.4 Å². The van der Waals surface area contributed by atoms with E-state index in [-0.39, 0.29) is 30.7 Å². The van der Waals surface area contributed by atoms with Gasteiger partial charge in [0.15, 0.2) is 5.54 Å². The second kappa shape index (κ2) is 8.53. The van der Waals surface area contributed by atoms with Crippen LogP contribution in [0.15, 0.2) is 36.7 Å². The minimum Gasteiger partial charge on any atom is -0.464 e. The third kappa shape index (κ3) is 5.22. The fraction of sp³-hybridized carbons (Fsp3) is 0.353. The highest BCUT2D eigenvalue weighted by Crippen LogP contribution is 2.19. The summed E-state index contributed by atoms with van der Waals surface area (Å²) < 4.78 is 6.52. The number of carbonyl (C=O) groups excluding carboxylic acids is 2. The average molecular weight is 367 g/mol. The van der Waals surface area contributed by atoms with Crippen LogP contribution in [0.3, 0.4) is 0 Å². The van der Waals surface area contributed by atoms with Gasteiger partial charge in [0.05, 0.1) is 24.9 Å². The number of nitrogens with zero attached hydrogens (tertiary/aromatic N) is 2. The number of esters is 1. The smallest absolute Gasteiger partial charge is 0.333 e. The molecule has 1 aromatic carbocycles. The molecule has 0 spiro atoms. The molecule has 1 aromatic heterocycles. The Labute approximate surface area is 152 Å². The Hall–Kier alpha value is -2.54. The van der Waals surface area contributed by atoms with E-state index in [2.05, 4.69) is 10.4 Å². The maximum absolute atomic E-state index is 12.1. The number of amides is 1. The van der Waals surface area contributed by atoms with Gasteiger partial charge in [0.1, 0.15) is 0 Å². The number of hydrogen-bond acceptors (Lipinski definition) is 5. The van der Waals surface area contributed by atoms with Gasteiger partial charge in [0.25, 0.3) is 0 Å². The van der Waals surface area contributed by atoms with Gasteiger partial charge < -0.3 is 15.8 Å². The number of benzene rings is 1. The molecule has 0 aliphatic heterocycles. The summed E-state index contributed by atoms with van der Waals surface area (Å²) in [6.07, 6.45) is 3.34. The van der Waals surface area contributed by atoms with Crippen molar-refractivity contribution in [3.63, 3.8) is 0 Å². The van der Waals surface area contributed by atoms with E-state index in [0.717, 1.165) is 5.56 Å². The van der Waals surface area contributed by atoms with Crippen molar-refractivity contribution in [2.45, 2.75) is 32.7 Å². The summed E-state index contributed by atoms with van der Waals surface area (Å²) in [5.74, 6) is -0.555. The molecule has 2 aromatic rings. The van der Waals surface area contributed by atoms with Crippen LogP contribution < -0.4 is 11.1 Å². The van der Waals surface area contributed by atoms with E-state index in [1.54, 1.807) is 39.1 Å². The molecule has 0 radical (unpaired) electrons. The Kier molecular flexibility index (Phi) is 6.99. The van der Waals surface area contributed by atoms with Crippen molar-refractivity contribution in [1.82, 2.24) is 9.78 Å². The lowest BCUT2D eigenvalue weighted by atomic mass is 10.1. The Morgan fingerprint density at radius 3 is 2.52 bits per heavy atom. The first kappa shape index (κ1) is 20.5. The number of anilines is 2. The van der Waals surface area contributed by atoms with E-state index in [1.807, 2.05) is 12.1 Å². The molecule has 1 heterocycles. The van der Waals surface area contributed by atoms with Crippen LogP contribution in [0.2, 0.25) is 0 Å². The van der Waals surface area contributed by atoms with Gasteiger partial charge in [-0.1, -0.05) is 12.1 Å². The molecule has 0 saturated heterocycles. The van der Waals surface area contributed by atoms with Crippen LogP contribution in [-0.4, -0.2) is 28.3 Å². The number of halogens is 1. The number of aromatic nitrogens is 2. The number of hydrogen-bond donors (Lipinski definition) is 2. The van der Waals surface area contributed by atoms with Crippen molar-refractivity contribution in [2.24, 2.45) is 0 Å². The SMILES string of the molecule is CCOC(=O)C(C)(C)n1cc(NC(=O)Cc2ccc(N)cc2)cn1.Cl. The van der Waals surface area contributed by atoms with Gasteiger partial charge in [-0.2, -0.15) is 5.10 Å². The standard InChI is InChI=1S/C17H22N4O3.ClH/c1-4-24-16(23)17(2,3)21-11-14(10-19-21)20-15(22)9-12-5-7-13(18)8-6-12;/h5-8,10-11H,4,9,18H2,1-3H3,(H,20,22);1H. The van der Waals surface area contributed by atoms with E-state index < -0.39 is 5.54 Å². The number of rotatable bonds is 6. The first-order valence-electron chi connectivity index (χ1n) is 7.69. The van der Waals surface area contributed by atoms with Gasteiger partial charge in [-0.25, -0.2) is 4.79 Å². The second-order valence-corrected chi connectivity index (χ2v) is 5.92. The molecule has 0 aliphatic carbocycles. The molecule has 2 rings (SSSR count). The van der Waals surface area contributed by atoms with E-state index in [0.29, 0.717) is 18.0 Å². The van der Waals surface area contributed by atoms with E-state index in [4.69, 9.17) is 10.5 Å². The molecule has 0 fully saturated rings. The monoisotopic (exact) mass is 366 g/mol. The lowest BCUT2D eigenvalue weighted by molar-refractivity contribution is -0.152. The Balaban J connectivity index is 0.00000312. The number of nitrogens with two attached hydrogens (primary N) is 1. The van der Waals surface area contributed by atoms with E-state index >= 15 is 0 Å². The summed E-state index contributed by atoms with van der Waals surface area (Å²) in [5.41, 5.74) is 6.71. The second-order valence-electron chi connectivity index (χ2n) is 5.92. The molecule has 8 heteroatoms. The zero-order chi connectivity index (χ0) is 17.7. The number of nitrogens with one attached hydrogen (secondary N) is 1. The van der Waals surface area contributed by atoms with Gasteiger partial charge in [-0.3, -0.25) is 9.48 Å². The average Bonchev–Trinajstić information content (AvgIpc) is 2.99. The largest absolute Gasteiger partial charge is 0.464 e. The molecule has 3 N–H and O–H groups in total. The van der Waals surface area contributed by atoms with Crippen molar-refractivity contribution in [2.75, 3.05) is 17.7 Å². The highest BCUT2D eigenvalue weighted by Gasteiger charge is 2.32. The summed E-state index contributed by atoms with van der Waals surface area (Å²) in [4.78, 5) is 24.1. The zero-order valence-corrected chi connectivity index (χ0v) is 15.3. The Bertz CT molecular complexity index is 726. The molecule has 25 heavy (non-hydrogen) atoms. The number of carbonyl (C=O) groups is 2. The lowest BCUT2D eigenvalue weighted by Gasteiger charge is -2.22. The molecule has 0 aliphatic rings.